The molecular weight excluding hydrogens is 380 g/mol. The van der Waals surface area contributed by atoms with Crippen LogP contribution in [0.4, 0.5) is 0 Å². The van der Waals surface area contributed by atoms with Crippen molar-refractivity contribution in [3.05, 3.63) is 29.0 Å². The van der Waals surface area contributed by atoms with E-state index in [4.69, 9.17) is 16.3 Å². The van der Waals surface area contributed by atoms with Gasteiger partial charge in [-0.25, -0.2) is 0 Å². The lowest BCUT2D eigenvalue weighted by atomic mass is 10.0. The maximum atomic E-state index is 12.6. The molecule has 1 aliphatic heterocycles. The maximum absolute atomic E-state index is 12.6. The minimum atomic E-state index is -0.201. The maximum Gasteiger partial charge on any atom is 0.255 e. The third kappa shape index (κ3) is 4.99. The number of carbonyl (C=O) groups is 1. The lowest BCUT2D eigenvalue weighted by Crippen LogP contribution is -2.38. The molecule has 8 nitrogen and oxygen atoms in total. The number of aromatic nitrogens is 4. The summed E-state index contributed by atoms with van der Waals surface area (Å²) < 4.78 is 6.80. The van der Waals surface area contributed by atoms with Gasteiger partial charge in [-0.2, -0.15) is 4.68 Å². The highest BCUT2D eigenvalue weighted by Gasteiger charge is 2.18. The van der Waals surface area contributed by atoms with Gasteiger partial charge in [0.15, 0.2) is 0 Å². The van der Waals surface area contributed by atoms with Crippen molar-refractivity contribution in [3.8, 4) is 11.4 Å². The Kier molecular flexibility index (Phi) is 7.22. The Balaban J connectivity index is 1.53. The van der Waals surface area contributed by atoms with Gasteiger partial charge in [0, 0.05) is 18.7 Å². The fraction of sp³-hybridized carbons (Fsp3) is 0.579. The Morgan fingerprint density at radius 2 is 2.21 bits per heavy atom. The van der Waals surface area contributed by atoms with Crippen molar-refractivity contribution >= 4 is 17.5 Å². The number of carbonyl (C=O) groups excluding carboxylic acids is 1. The van der Waals surface area contributed by atoms with Crippen LogP contribution in [0.5, 0.6) is 5.75 Å². The number of amides is 1. The van der Waals surface area contributed by atoms with Gasteiger partial charge in [-0.15, -0.1) is 5.10 Å². The van der Waals surface area contributed by atoms with Crippen LogP contribution in [0.2, 0.25) is 5.02 Å². The predicted molar refractivity (Wildman–Crippen MR) is 107 cm³/mol. The molecule has 0 bridgehead atoms. The number of hydrogen-bond donors (Lipinski definition) is 1. The van der Waals surface area contributed by atoms with Gasteiger partial charge in [-0.3, -0.25) is 4.79 Å². The summed E-state index contributed by atoms with van der Waals surface area (Å²) in [5, 5.41) is 14.4. The molecular formula is C19H27ClN6O2. The third-order valence-electron chi connectivity index (χ3n) is 5.21. The van der Waals surface area contributed by atoms with Crippen molar-refractivity contribution in [2.24, 2.45) is 0 Å². The number of hydrogen-bond acceptors (Lipinski definition) is 6. The van der Waals surface area contributed by atoms with E-state index in [-0.39, 0.29) is 5.91 Å². The van der Waals surface area contributed by atoms with Crippen LogP contribution in [0.25, 0.3) is 5.69 Å². The molecule has 28 heavy (non-hydrogen) atoms. The zero-order valence-electron chi connectivity index (χ0n) is 16.4. The van der Waals surface area contributed by atoms with Crippen molar-refractivity contribution in [2.75, 3.05) is 26.7 Å². The highest BCUT2D eigenvalue weighted by Crippen LogP contribution is 2.29. The Labute approximate surface area is 170 Å². The molecule has 1 saturated heterocycles. The van der Waals surface area contributed by atoms with Crippen LogP contribution in [0.1, 0.15) is 49.4 Å². The fourth-order valence-corrected chi connectivity index (χ4v) is 3.81. The molecule has 1 aromatic carbocycles. The molecule has 2 heterocycles. The molecule has 1 atom stereocenters. The Morgan fingerprint density at radius 3 is 2.93 bits per heavy atom. The molecule has 1 N–H and O–H groups in total. The summed E-state index contributed by atoms with van der Waals surface area (Å²) in [4.78, 5) is 15.1. The van der Waals surface area contributed by atoms with E-state index in [0.29, 0.717) is 34.6 Å². The Bertz CT molecular complexity index is 783. The van der Waals surface area contributed by atoms with Gasteiger partial charge in [-0.1, -0.05) is 18.0 Å². The molecule has 0 aliphatic carbocycles. The Hall–Kier alpha value is -2.19. The zero-order chi connectivity index (χ0) is 19.9. The molecule has 0 radical (unpaired) electrons. The van der Waals surface area contributed by atoms with Gasteiger partial charge in [-0.05, 0) is 62.2 Å². The first-order chi connectivity index (χ1) is 13.6. The number of tetrazole rings is 1. The lowest BCUT2D eigenvalue weighted by Gasteiger charge is -2.33. The number of rotatable bonds is 8. The molecule has 152 valence electrons. The van der Waals surface area contributed by atoms with Crippen molar-refractivity contribution in [2.45, 2.75) is 45.1 Å². The number of nitrogens with one attached hydrogen (secondary N) is 1. The summed E-state index contributed by atoms with van der Waals surface area (Å²) in [5.74, 6) is 0.225. The Morgan fingerprint density at radius 1 is 1.36 bits per heavy atom. The van der Waals surface area contributed by atoms with Crippen molar-refractivity contribution in [1.29, 1.82) is 0 Å². The van der Waals surface area contributed by atoms with Gasteiger partial charge in [0.2, 0.25) is 0 Å². The molecule has 1 amide bonds. The van der Waals surface area contributed by atoms with Gasteiger partial charge >= 0.3 is 0 Å². The van der Waals surface area contributed by atoms with Crippen LogP contribution in [0, 0.1) is 0 Å². The van der Waals surface area contributed by atoms with E-state index < -0.39 is 0 Å². The summed E-state index contributed by atoms with van der Waals surface area (Å²) in [6.07, 6.45) is 7.36. The molecule has 1 aliphatic rings. The second-order valence-electron chi connectivity index (χ2n) is 7.10. The topological polar surface area (TPSA) is 85.2 Å². The van der Waals surface area contributed by atoms with Crippen LogP contribution in [0.15, 0.2) is 18.5 Å². The van der Waals surface area contributed by atoms with Gasteiger partial charge in [0.05, 0.1) is 23.4 Å². The predicted octanol–water partition coefficient (Wildman–Crippen LogP) is 2.71. The van der Waals surface area contributed by atoms with Gasteiger partial charge < -0.3 is 15.0 Å². The molecule has 9 heteroatoms. The van der Waals surface area contributed by atoms with Crippen molar-refractivity contribution in [1.82, 2.24) is 30.4 Å². The average molecular weight is 407 g/mol. The first-order valence-corrected chi connectivity index (χ1v) is 10.1. The largest absolute Gasteiger partial charge is 0.496 e. The van der Waals surface area contributed by atoms with Gasteiger partial charge in [0.25, 0.3) is 5.91 Å². The average Bonchev–Trinajstić information content (AvgIpc) is 3.23. The molecule has 2 aromatic rings. The second-order valence-corrected chi connectivity index (χ2v) is 7.51. The molecule has 1 aromatic heterocycles. The minimum absolute atomic E-state index is 0.201. The summed E-state index contributed by atoms with van der Waals surface area (Å²) in [6, 6.07) is 3.92. The first-order valence-electron chi connectivity index (χ1n) is 9.73. The molecule has 1 fully saturated rings. The normalized spacial score (nSPS) is 17.5. The lowest BCUT2D eigenvalue weighted by molar-refractivity contribution is 0.0948. The van der Waals surface area contributed by atoms with Gasteiger partial charge in [0.1, 0.15) is 12.1 Å². The number of unbranched alkanes of at least 4 members (excludes halogenated alkanes) is 1. The number of methoxy groups -OCH3 is 1. The van der Waals surface area contributed by atoms with Crippen LogP contribution < -0.4 is 10.1 Å². The van der Waals surface area contributed by atoms with E-state index in [0.717, 1.165) is 19.4 Å². The zero-order valence-corrected chi connectivity index (χ0v) is 17.2. The van der Waals surface area contributed by atoms with Crippen LogP contribution >= 0.6 is 11.6 Å². The smallest absolute Gasteiger partial charge is 0.255 e. The van der Waals surface area contributed by atoms with E-state index >= 15 is 0 Å². The van der Waals surface area contributed by atoms with E-state index in [1.807, 2.05) is 0 Å². The first kappa shape index (κ1) is 20.5. The van der Waals surface area contributed by atoms with Crippen LogP contribution in [-0.2, 0) is 0 Å². The quantitative estimate of drug-likeness (QED) is 0.678. The molecule has 0 saturated carbocycles. The van der Waals surface area contributed by atoms with Crippen molar-refractivity contribution < 1.29 is 9.53 Å². The third-order valence-corrected chi connectivity index (χ3v) is 5.51. The SMILES string of the molecule is COc1cc(-n2cnnn2)c(Cl)cc1C(=O)NCCCCN1CCCCC1C. The van der Waals surface area contributed by atoms with E-state index in [1.54, 1.807) is 12.1 Å². The number of halogens is 1. The molecule has 0 spiro atoms. The van der Waals surface area contributed by atoms with E-state index in [9.17, 15) is 4.79 Å². The minimum Gasteiger partial charge on any atom is -0.496 e. The summed E-state index contributed by atoms with van der Waals surface area (Å²) >= 11 is 6.32. The van der Waals surface area contributed by atoms with E-state index in [2.05, 4.69) is 32.7 Å². The molecule has 1 unspecified atom stereocenters. The summed E-state index contributed by atoms with van der Waals surface area (Å²) in [7, 11) is 1.52. The number of benzene rings is 1. The second kappa shape index (κ2) is 9.84. The summed E-state index contributed by atoms with van der Waals surface area (Å²) in [6.45, 7) is 5.20. The number of nitrogens with zero attached hydrogens (tertiary/aromatic N) is 5. The van der Waals surface area contributed by atoms with E-state index in [1.165, 1.54) is 43.9 Å². The summed E-state index contributed by atoms with van der Waals surface area (Å²) in [5.41, 5.74) is 0.949. The fourth-order valence-electron chi connectivity index (χ4n) is 3.56. The number of ether oxygens (including phenoxy) is 1. The monoisotopic (exact) mass is 406 g/mol. The highest BCUT2D eigenvalue weighted by molar-refractivity contribution is 6.33. The molecule has 3 rings (SSSR count). The highest BCUT2D eigenvalue weighted by atomic mass is 35.5. The number of piperidine rings is 1. The van der Waals surface area contributed by atoms with Crippen molar-refractivity contribution in [3.63, 3.8) is 0 Å². The standard InChI is InChI=1S/C19H27ClN6O2/c1-14-7-3-5-9-25(14)10-6-4-8-21-19(27)15-11-16(20)17(12-18(15)28-2)26-13-22-23-24-26/h11-14H,3-10H2,1-2H3,(H,21,27). The van der Waals surface area contributed by atoms with Crippen LogP contribution in [-0.4, -0.2) is 63.8 Å². The van der Waals surface area contributed by atoms with Crippen LogP contribution in [0.3, 0.4) is 0 Å². The number of likely N-dealkylation sites (tertiary alicyclic amines) is 1.